The highest BCUT2D eigenvalue weighted by atomic mass is 16.5. The lowest BCUT2D eigenvalue weighted by atomic mass is 9.91. The van der Waals surface area contributed by atoms with Crippen LogP contribution in [0, 0.1) is 18.0 Å². The minimum Gasteiger partial charge on any atom is -0.619 e. The number of rotatable bonds is 2. The summed E-state index contributed by atoms with van der Waals surface area (Å²) in [5, 5.41) is 11.3. The predicted molar refractivity (Wildman–Crippen MR) is 53.4 cm³/mol. The molecule has 0 spiro atoms. The van der Waals surface area contributed by atoms with Crippen LogP contribution in [0.15, 0.2) is 18.3 Å². The fraction of sp³-hybridized carbons (Fsp3) is 0.545. The van der Waals surface area contributed by atoms with Gasteiger partial charge in [-0.1, -0.05) is 20.8 Å². The maximum Gasteiger partial charge on any atom is 0.189 e. The van der Waals surface area contributed by atoms with E-state index in [1.54, 1.807) is 6.20 Å². The van der Waals surface area contributed by atoms with Crippen molar-refractivity contribution in [3.05, 3.63) is 34.8 Å². The van der Waals surface area contributed by atoms with Crippen molar-refractivity contribution in [3.8, 4) is 0 Å². The van der Waals surface area contributed by atoms with E-state index in [0.717, 1.165) is 16.0 Å². The molecule has 0 aliphatic carbocycles. The van der Waals surface area contributed by atoms with Crippen molar-refractivity contribution < 1.29 is 4.73 Å². The number of hydrogen-bond acceptors (Lipinski definition) is 1. The molecule has 1 aromatic heterocycles. The van der Waals surface area contributed by atoms with Crippen LogP contribution >= 0.6 is 0 Å². The average Bonchev–Trinajstić information content (AvgIpc) is 2.08. The number of hydrogen-bond donors (Lipinski definition) is 0. The van der Waals surface area contributed by atoms with Crippen molar-refractivity contribution in [1.29, 1.82) is 0 Å². The smallest absolute Gasteiger partial charge is 0.189 e. The molecule has 1 unspecified atom stereocenters. The fourth-order valence-electron chi connectivity index (χ4n) is 1.22. The fourth-order valence-corrected chi connectivity index (χ4v) is 1.22. The zero-order chi connectivity index (χ0) is 10.0. The van der Waals surface area contributed by atoms with Gasteiger partial charge in [-0.2, -0.15) is 4.73 Å². The second-order valence-electron chi connectivity index (χ2n) is 3.96. The Kier molecular flexibility index (Phi) is 2.91. The van der Waals surface area contributed by atoms with Gasteiger partial charge in [-0.05, 0) is 17.9 Å². The molecule has 1 rings (SSSR count). The third-order valence-electron chi connectivity index (χ3n) is 2.66. The molecular weight excluding hydrogens is 162 g/mol. The van der Waals surface area contributed by atoms with E-state index in [1.807, 2.05) is 19.1 Å². The van der Waals surface area contributed by atoms with Crippen LogP contribution in [-0.4, -0.2) is 0 Å². The number of aromatic nitrogens is 1. The SMILES string of the molecule is Cc1ccc(C(C)C(C)C)c[n+]1[O-]. The molecular formula is C11H17NO. The molecule has 1 aromatic rings. The minimum atomic E-state index is 0.445. The van der Waals surface area contributed by atoms with Crippen molar-refractivity contribution >= 4 is 0 Å². The van der Waals surface area contributed by atoms with Gasteiger partial charge in [0.25, 0.3) is 0 Å². The van der Waals surface area contributed by atoms with Crippen LogP contribution in [0.5, 0.6) is 0 Å². The second kappa shape index (κ2) is 3.77. The van der Waals surface area contributed by atoms with E-state index in [-0.39, 0.29) is 0 Å². The van der Waals surface area contributed by atoms with E-state index in [2.05, 4.69) is 20.8 Å². The quantitative estimate of drug-likeness (QED) is 0.506. The maximum absolute atomic E-state index is 11.3. The lowest BCUT2D eigenvalue weighted by Gasteiger charge is -2.15. The molecule has 0 aromatic carbocycles. The molecule has 0 saturated heterocycles. The summed E-state index contributed by atoms with van der Waals surface area (Å²) in [6, 6.07) is 3.91. The topological polar surface area (TPSA) is 26.9 Å². The zero-order valence-corrected chi connectivity index (χ0v) is 8.74. The van der Waals surface area contributed by atoms with E-state index in [9.17, 15) is 5.21 Å². The summed E-state index contributed by atoms with van der Waals surface area (Å²) < 4.78 is 0.939. The summed E-state index contributed by atoms with van der Waals surface area (Å²) >= 11 is 0. The average molecular weight is 179 g/mol. The Hall–Kier alpha value is -1.05. The lowest BCUT2D eigenvalue weighted by molar-refractivity contribution is -0.612. The van der Waals surface area contributed by atoms with Crippen LogP contribution in [-0.2, 0) is 0 Å². The van der Waals surface area contributed by atoms with Gasteiger partial charge in [0.2, 0.25) is 0 Å². The van der Waals surface area contributed by atoms with Crippen LogP contribution in [0.3, 0.4) is 0 Å². The second-order valence-corrected chi connectivity index (χ2v) is 3.96. The van der Waals surface area contributed by atoms with Crippen LogP contribution in [0.1, 0.15) is 37.9 Å². The molecule has 0 aliphatic rings. The van der Waals surface area contributed by atoms with E-state index in [1.165, 1.54) is 0 Å². The van der Waals surface area contributed by atoms with Crippen LogP contribution in [0.25, 0.3) is 0 Å². The summed E-state index contributed by atoms with van der Waals surface area (Å²) in [5.74, 6) is 1.02. The molecule has 2 heteroatoms. The first-order chi connectivity index (χ1) is 6.02. The molecule has 1 heterocycles. The van der Waals surface area contributed by atoms with Crippen molar-refractivity contribution in [1.82, 2.24) is 0 Å². The van der Waals surface area contributed by atoms with Crippen LogP contribution in [0.2, 0.25) is 0 Å². The van der Waals surface area contributed by atoms with E-state index in [4.69, 9.17) is 0 Å². The van der Waals surface area contributed by atoms with Gasteiger partial charge in [-0.3, -0.25) is 0 Å². The van der Waals surface area contributed by atoms with Crippen molar-refractivity contribution in [2.45, 2.75) is 33.6 Å². The number of aryl methyl sites for hydroxylation is 1. The van der Waals surface area contributed by atoms with Gasteiger partial charge in [0, 0.05) is 18.6 Å². The van der Waals surface area contributed by atoms with Gasteiger partial charge in [0.05, 0.1) is 0 Å². The first-order valence-electron chi connectivity index (χ1n) is 4.72. The van der Waals surface area contributed by atoms with E-state index < -0.39 is 0 Å². The Morgan fingerprint density at radius 2 is 1.85 bits per heavy atom. The summed E-state index contributed by atoms with van der Waals surface area (Å²) in [7, 11) is 0. The summed E-state index contributed by atoms with van der Waals surface area (Å²) in [6.45, 7) is 8.30. The molecule has 2 nitrogen and oxygen atoms in total. The summed E-state index contributed by atoms with van der Waals surface area (Å²) in [6.07, 6.45) is 1.68. The van der Waals surface area contributed by atoms with Gasteiger partial charge in [0.1, 0.15) is 0 Å². The van der Waals surface area contributed by atoms with Gasteiger partial charge in [-0.15, -0.1) is 0 Å². The Labute approximate surface area is 79.8 Å². The first-order valence-corrected chi connectivity index (χ1v) is 4.72. The highest BCUT2D eigenvalue weighted by Gasteiger charge is 2.12. The van der Waals surface area contributed by atoms with Gasteiger partial charge in [-0.25, -0.2) is 0 Å². The number of pyridine rings is 1. The normalized spacial score (nSPS) is 13.3. The molecule has 0 saturated carbocycles. The van der Waals surface area contributed by atoms with Gasteiger partial charge >= 0.3 is 0 Å². The van der Waals surface area contributed by atoms with Crippen molar-refractivity contribution in [2.24, 2.45) is 5.92 Å². The molecule has 0 radical (unpaired) electrons. The first kappa shape index (κ1) is 10.0. The molecule has 72 valence electrons. The molecule has 0 amide bonds. The zero-order valence-electron chi connectivity index (χ0n) is 8.74. The predicted octanol–water partition coefficient (Wildman–Crippen LogP) is 2.39. The third-order valence-corrected chi connectivity index (χ3v) is 2.66. The van der Waals surface area contributed by atoms with Crippen molar-refractivity contribution in [3.63, 3.8) is 0 Å². The Balaban J connectivity index is 2.97. The molecule has 13 heavy (non-hydrogen) atoms. The third kappa shape index (κ3) is 2.20. The monoisotopic (exact) mass is 179 g/mol. The standard InChI is InChI=1S/C11H17NO/c1-8(2)10(4)11-6-5-9(3)12(13)7-11/h5-8,10H,1-4H3. The van der Waals surface area contributed by atoms with Crippen LogP contribution in [0.4, 0.5) is 0 Å². The largest absolute Gasteiger partial charge is 0.619 e. The Bertz CT molecular complexity index is 294. The van der Waals surface area contributed by atoms with Crippen LogP contribution < -0.4 is 4.73 Å². The molecule has 0 fully saturated rings. The van der Waals surface area contributed by atoms with Gasteiger partial charge < -0.3 is 5.21 Å². The molecule has 0 aliphatic heterocycles. The highest BCUT2D eigenvalue weighted by molar-refractivity contribution is 5.14. The van der Waals surface area contributed by atoms with Crippen molar-refractivity contribution in [2.75, 3.05) is 0 Å². The van der Waals surface area contributed by atoms with Gasteiger partial charge in [0.15, 0.2) is 11.9 Å². The molecule has 1 atom stereocenters. The lowest BCUT2D eigenvalue weighted by Crippen LogP contribution is -2.30. The number of nitrogens with zero attached hydrogens (tertiary/aromatic N) is 1. The molecule has 0 N–H and O–H groups in total. The highest BCUT2D eigenvalue weighted by Crippen LogP contribution is 2.22. The molecule has 0 bridgehead atoms. The van der Waals surface area contributed by atoms with E-state index in [0.29, 0.717) is 11.8 Å². The maximum atomic E-state index is 11.3. The Morgan fingerprint density at radius 3 is 2.31 bits per heavy atom. The summed E-state index contributed by atoms with van der Waals surface area (Å²) in [4.78, 5) is 0. The summed E-state index contributed by atoms with van der Waals surface area (Å²) in [5.41, 5.74) is 1.87. The minimum absolute atomic E-state index is 0.445. The Morgan fingerprint density at radius 1 is 1.23 bits per heavy atom. The van der Waals surface area contributed by atoms with E-state index >= 15 is 0 Å².